The fraction of sp³-hybridized carbons (Fsp3) is 0.250. The Morgan fingerprint density at radius 3 is 2.51 bits per heavy atom. The van der Waals surface area contributed by atoms with Gasteiger partial charge in [-0.25, -0.2) is 4.98 Å². The molecule has 0 radical (unpaired) electrons. The summed E-state index contributed by atoms with van der Waals surface area (Å²) in [5, 5.41) is 15.5. The van der Waals surface area contributed by atoms with Crippen molar-refractivity contribution in [2.75, 3.05) is 0 Å². The molecule has 0 N–H and O–H groups in total. The second-order valence-electron chi connectivity index (χ2n) is 9.60. The van der Waals surface area contributed by atoms with E-state index in [-0.39, 0.29) is 17.2 Å². The van der Waals surface area contributed by atoms with Crippen LogP contribution in [0.15, 0.2) is 63.8 Å². The molecule has 188 valence electrons. The summed E-state index contributed by atoms with van der Waals surface area (Å²) in [5.41, 5.74) is 3.68. The minimum absolute atomic E-state index is 0.0295. The Kier molecular flexibility index (Phi) is 6.47. The first-order valence-corrected chi connectivity index (χ1v) is 12.9. The molecular weight excluding hydrogens is 488 g/mol. The Hall–Kier alpha value is -4.11. The Morgan fingerprint density at radius 1 is 1.11 bits per heavy atom. The highest BCUT2D eigenvalue weighted by Crippen LogP contribution is 2.29. The van der Waals surface area contributed by atoms with E-state index in [2.05, 4.69) is 48.2 Å². The number of aryl methyl sites for hydroxylation is 1. The zero-order valence-corrected chi connectivity index (χ0v) is 21.8. The summed E-state index contributed by atoms with van der Waals surface area (Å²) in [4.78, 5) is 28.8. The van der Waals surface area contributed by atoms with Gasteiger partial charge < -0.3 is 4.42 Å². The lowest BCUT2D eigenvalue weighted by Crippen LogP contribution is -2.23. The number of thiazole rings is 1. The van der Waals surface area contributed by atoms with E-state index in [1.807, 2.05) is 6.92 Å². The van der Waals surface area contributed by atoms with E-state index in [1.165, 1.54) is 33.5 Å². The van der Waals surface area contributed by atoms with Crippen LogP contribution in [0.1, 0.15) is 55.0 Å². The highest BCUT2D eigenvalue weighted by molar-refractivity contribution is 7.15. The highest BCUT2D eigenvalue weighted by atomic mass is 32.1. The van der Waals surface area contributed by atoms with Crippen molar-refractivity contribution < 1.29 is 9.34 Å². The summed E-state index contributed by atoms with van der Waals surface area (Å²) in [6, 6.07) is 16.7. The first-order valence-electron chi connectivity index (χ1n) is 12.0. The van der Waals surface area contributed by atoms with Gasteiger partial charge in [-0.05, 0) is 54.2 Å². The molecule has 9 heteroatoms. The summed E-state index contributed by atoms with van der Waals surface area (Å²) in [6.45, 7) is 8.24. The van der Waals surface area contributed by atoms with Crippen molar-refractivity contribution in [1.29, 1.82) is 0 Å². The number of nitro benzene ring substituents is 1. The van der Waals surface area contributed by atoms with Crippen molar-refractivity contribution in [3.8, 4) is 11.3 Å². The van der Waals surface area contributed by atoms with Gasteiger partial charge in [-0.1, -0.05) is 56.4 Å². The lowest BCUT2D eigenvalue weighted by molar-refractivity contribution is -0.384. The first kappa shape index (κ1) is 24.6. The molecule has 5 rings (SSSR count). The summed E-state index contributed by atoms with van der Waals surface area (Å²) in [5.74, 6) is 2.25. The molecule has 0 fully saturated rings. The Balaban J connectivity index is 1.40. The highest BCUT2D eigenvalue weighted by Gasteiger charge is 2.18. The Bertz CT molecular complexity index is 1710. The molecule has 1 atom stereocenters. The van der Waals surface area contributed by atoms with Gasteiger partial charge in [0.15, 0.2) is 5.82 Å². The molecule has 37 heavy (non-hydrogen) atoms. The molecule has 3 heterocycles. The van der Waals surface area contributed by atoms with E-state index in [0.717, 1.165) is 23.1 Å². The van der Waals surface area contributed by atoms with Crippen LogP contribution in [0.5, 0.6) is 0 Å². The normalized spacial score (nSPS) is 13.1. The topological polar surface area (TPSA) is 104 Å². The maximum absolute atomic E-state index is 13.0. The van der Waals surface area contributed by atoms with Crippen molar-refractivity contribution >= 4 is 28.1 Å². The molecule has 2 aromatic carbocycles. The molecule has 3 aromatic heterocycles. The number of aromatic nitrogens is 3. The largest absolute Gasteiger partial charge is 0.457 e. The third kappa shape index (κ3) is 4.95. The predicted molar refractivity (Wildman–Crippen MR) is 144 cm³/mol. The number of rotatable bonds is 7. The van der Waals surface area contributed by atoms with Crippen LogP contribution < -0.4 is 10.1 Å². The number of nitrogens with zero attached hydrogens (tertiary/aromatic N) is 4. The second kappa shape index (κ2) is 9.74. The van der Waals surface area contributed by atoms with Gasteiger partial charge in [-0.3, -0.25) is 14.9 Å². The van der Waals surface area contributed by atoms with E-state index in [9.17, 15) is 14.9 Å². The lowest BCUT2D eigenvalue weighted by Gasteiger charge is -2.10. The Labute approximate surface area is 217 Å². The zero-order chi connectivity index (χ0) is 26.3. The summed E-state index contributed by atoms with van der Waals surface area (Å²) < 4.78 is 7.74. The minimum Gasteiger partial charge on any atom is -0.457 e. The number of furan rings is 1. The SMILES string of the molecule is Cc1cc([N+](=O)[O-])ccc1-c1ccc(/C=c2/sc3nc(C(C)c4ccc(CC(C)C)cc4)nn3c2=O)o1. The molecule has 0 amide bonds. The molecule has 0 aliphatic carbocycles. The van der Waals surface area contributed by atoms with Crippen LogP contribution >= 0.6 is 11.3 Å². The fourth-order valence-corrected chi connectivity index (χ4v) is 5.23. The smallest absolute Gasteiger partial charge is 0.291 e. The van der Waals surface area contributed by atoms with Gasteiger partial charge in [0.25, 0.3) is 11.2 Å². The molecule has 0 aliphatic heterocycles. The zero-order valence-electron chi connectivity index (χ0n) is 21.0. The van der Waals surface area contributed by atoms with Crippen molar-refractivity contribution in [2.24, 2.45) is 5.92 Å². The number of hydrogen-bond acceptors (Lipinski definition) is 7. The van der Waals surface area contributed by atoms with Crippen LogP contribution in [-0.4, -0.2) is 19.5 Å². The number of non-ortho nitro benzene ring substituents is 1. The van der Waals surface area contributed by atoms with Crippen LogP contribution in [0.4, 0.5) is 5.69 Å². The minimum atomic E-state index is -0.426. The van der Waals surface area contributed by atoms with Gasteiger partial charge in [-0.2, -0.15) is 4.52 Å². The van der Waals surface area contributed by atoms with Crippen molar-refractivity contribution in [1.82, 2.24) is 14.6 Å². The van der Waals surface area contributed by atoms with Crippen molar-refractivity contribution in [2.45, 2.75) is 40.0 Å². The number of nitro groups is 1. The van der Waals surface area contributed by atoms with Gasteiger partial charge in [-0.15, -0.1) is 5.10 Å². The fourth-order valence-electron chi connectivity index (χ4n) is 4.34. The lowest BCUT2D eigenvalue weighted by atomic mass is 9.96. The Morgan fingerprint density at radius 2 is 1.86 bits per heavy atom. The predicted octanol–water partition coefficient (Wildman–Crippen LogP) is 5.53. The quantitative estimate of drug-likeness (QED) is 0.209. The van der Waals surface area contributed by atoms with Gasteiger partial charge in [0.05, 0.1) is 4.92 Å². The van der Waals surface area contributed by atoms with Crippen LogP contribution in [0.25, 0.3) is 22.4 Å². The standard InChI is InChI=1S/C28H26N4O4S/c1-16(2)13-19-5-7-20(8-6-19)18(4)26-29-28-31(30-26)27(33)25(37-28)15-22-10-12-24(36-22)23-11-9-21(32(34)35)14-17(23)3/h5-12,14-16,18H,13H2,1-4H3/b25-15+. The third-order valence-electron chi connectivity index (χ3n) is 6.30. The monoisotopic (exact) mass is 514 g/mol. The average Bonchev–Trinajstić information content (AvgIpc) is 3.56. The molecule has 0 bridgehead atoms. The summed E-state index contributed by atoms with van der Waals surface area (Å²) >= 11 is 1.26. The first-order chi connectivity index (χ1) is 17.7. The molecule has 0 aliphatic rings. The molecule has 0 saturated heterocycles. The van der Waals surface area contributed by atoms with Gasteiger partial charge in [0.1, 0.15) is 16.1 Å². The average molecular weight is 515 g/mol. The van der Waals surface area contributed by atoms with Crippen molar-refractivity contribution in [3.63, 3.8) is 0 Å². The van der Waals surface area contributed by atoms with E-state index in [4.69, 9.17) is 4.42 Å². The molecule has 8 nitrogen and oxygen atoms in total. The van der Waals surface area contributed by atoms with Crippen LogP contribution in [0.3, 0.4) is 0 Å². The summed E-state index contributed by atoms with van der Waals surface area (Å²) in [6.07, 6.45) is 2.71. The van der Waals surface area contributed by atoms with Crippen LogP contribution in [0, 0.1) is 23.0 Å². The summed E-state index contributed by atoms with van der Waals surface area (Å²) in [7, 11) is 0. The number of fused-ring (bicyclic) bond motifs is 1. The van der Waals surface area contributed by atoms with Gasteiger partial charge in [0, 0.05) is 29.7 Å². The van der Waals surface area contributed by atoms with E-state index >= 15 is 0 Å². The number of hydrogen-bond donors (Lipinski definition) is 0. The third-order valence-corrected chi connectivity index (χ3v) is 7.25. The second-order valence-corrected chi connectivity index (χ2v) is 10.6. The number of benzene rings is 2. The molecule has 1 unspecified atom stereocenters. The van der Waals surface area contributed by atoms with Crippen molar-refractivity contribution in [3.05, 3.63) is 108 Å². The maximum atomic E-state index is 13.0. The van der Waals surface area contributed by atoms with E-state index in [1.54, 1.807) is 31.2 Å². The van der Waals surface area contributed by atoms with Crippen LogP contribution in [-0.2, 0) is 6.42 Å². The van der Waals surface area contributed by atoms with E-state index in [0.29, 0.717) is 32.8 Å². The molecule has 5 aromatic rings. The maximum Gasteiger partial charge on any atom is 0.291 e. The molecule has 0 saturated carbocycles. The molecule has 0 spiro atoms. The van der Waals surface area contributed by atoms with Gasteiger partial charge >= 0.3 is 0 Å². The molecular formula is C28H26N4O4S. The van der Waals surface area contributed by atoms with Crippen LogP contribution in [0.2, 0.25) is 0 Å². The van der Waals surface area contributed by atoms with E-state index < -0.39 is 4.92 Å². The van der Waals surface area contributed by atoms with Gasteiger partial charge in [0.2, 0.25) is 4.96 Å².